The molecule has 1 heterocycles. The zero-order valence-corrected chi connectivity index (χ0v) is 12.1. The molecular formula is C16H24N2O2. The van der Waals surface area contributed by atoms with Gasteiger partial charge in [0.15, 0.2) is 0 Å². The molecule has 1 fully saturated rings. The lowest BCUT2D eigenvalue weighted by Crippen LogP contribution is -2.35. The highest BCUT2D eigenvalue weighted by Gasteiger charge is 2.15. The summed E-state index contributed by atoms with van der Waals surface area (Å²) in [6.07, 6.45) is 5.14. The van der Waals surface area contributed by atoms with Gasteiger partial charge < -0.3 is 15.7 Å². The third-order valence-corrected chi connectivity index (χ3v) is 3.88. The van der Waals surface area contributed by atoms with E-state index in [-0.39, 0.29) is 17.7 Å². The Morgan fingerprint density at radius 3 is 3.05 bits per heavy atom. The second-order valence-electron chi connectivity index (χ2n) is 5.57. The van der Waals surface area contributed by atoms with Crippen LogP contribution >= 0.6 is 0 Å². The Labute approximate surface area is 120 Å². The Hall–Kier alpha value is -1.55. The number of nitrogens with one attached hydrogen (secondary N) is 2. The van der Waals surface area contributed by atoms with Crippen molar-refractivity contribution < 1.29 is 9.90 Å². The molecule has 2 rings (SSSR count). The summed E-state index contributed by atoms with van der Waals surface area (Å²) in [7, 11) is 0. The van der Waals surface area contributed by atoms with Gasteiger partial charge in [-0.05, 0) is 50.4 Å². The highest BCUT2D eigenvalue weighted by Crippen LogP contribution is 2.18. The van der Waals surface area contributed by atoms with Crippen LogP contribution in [0.4, 0.5) is 0 Å². The molecule has 1 aromatic rings. The summed E-state index contributed by atoms with van der Waals surface area (Å²) in [4.78, 5) is 12.0. The lowest BCUT2D eigenvalue weighted by atomic mass is 10.00. The lowest BCUT2D eigenvalue weighted by Gasteiger charge is -2.23. The molecule has 0 saturated carbocycles. The molecule has 4 heteroatoms. The van der Waals surface area contributed by atoms with Gasteiger partial charge in [-0.15, -0.1) is 0 Å². The Kier molecular flexibility index (Phi) is 5.41. The molecule has 1 amide bonds. The quantitative estimate of drug-likeness (QED) is 0.774. The minimum atomic E-state index is -0.0751. The van der Waals surface area contributed by atoms with Crippen LogP contribution in [0, 0.1) is 0 Å². The van der Waals surface area contributed by atoms with Crippen molar-refractivity contribution in [2.75, 3.05) is 6.54 Å². The van der Waals surface area contributed by atoms with Gasteiger partial charge in [-0.1, -0.05) is 18.6 Å². The third-order valence-electron chi connectivity index (χ3n) is 3.88. The van der Waals surface area contributed by atoms with Crippen molar-refractivity contribution in [3.63, 3.8) is 0 Å². The molecule has 4 nitrogen and oxygen atoms in total. The second kappa shape index (κ2) is 7.29. The molecule has 1 aliphatic heterocycles. The van der Waals surface area contributed by atoms with Gasteiger partial charge in [-0.3, -0.25) is 4.79 Å². The number of hydrogen-bond donors (Lipinski definition) is 3. The number of benzene rings is 1. The Morgan fingerprint density at radius 1 is 1.50 bits per heavy atom. The maximum Gasteiger partial charge on any atom is 0.220 e. The van der Waals surface area contributed by atoms with Crippen molar-refractivity contribution >= 4 is 5.91 Å². The van der Waals surface area contributed by atoms with E-state index in [1.807, 2.05) is 13.0 Å². The fraction of sp³-hybridized carbons (Fsp3) is 0.562. The molecule has 0 spiro atoms. The van der Waals surface area contributed by atoms with E-state index in [0.717, 1.165) is 18.5 Å². The van der Waals surface area contributed by atoms with E-state index in [9.17, 15) is 9.90 Å². The van der Waals surface area contributed by atoms with Crippen molar-refractivity contribution in [1.82, 2.24) is 10.6 Å². The molecule has 1 aromatic carbocycles. The Balaban J connectivity index is 1.76. The molecule has 0 aliphatic carbocycles. The first-order valence-corrected chi connectivity index (χ1v) is 7.47. The lowest BCUT2D eigenvalue weighted by molar-refractivity contribution is -0.122. The van der Waals surface area contributed by atoms with Gasteiger partial charge in [0.1, 0.15) is 5.75 Å². The van der Waals surface area contributed by atoms with Crippen LogP contribution in [0.1, 0.15) is 50.6 Å². The molecule has 0 aromatic heterocycles. The smallest absolute Gasteiger partial charge is 0.220 e. The van der Waals surface area contributed by atoms with Crippen LogP contribution in [-0.4, -0.2) is 23.6 Å². The van der Waals surface area contributed by atoms with E-state index in [1.54, 1.807) is 18.2 Å². The van der Waals surface area contributed by atoms with Gasteiger partial charge in [-0.25, -0.2) is 0 Å². The van der Waals surface area contributed by atoms with Gasteiger partial charge in [-0.2, -0.15) is 0 Å². The van der Waals surface area contributed by atoms with Crippen LogP contribution < -0.4 is 10.6 Å². The van der Waals surface area contributed by atoms with E-state index in [1.165, 1.54) is 19.3 Å². The monoisotopic (exact) mass is 276 g/mol. The topological polar surface area (TPSA) is 61.4 Å². The van der Waals surface area contributed by atoms with Crippen LogP contribution in [0.5, 0.6) is 5.75 Å². The molecule has 20 heavy (non-hydrogen) atoms. The molecule has 0 bridgehead atoms. The van der Waals surface area contributed by atoms with Crippen molar-refractivity contribution in [2.45, 2.75) is 51.1 Å². The van der Waals surface area contributed by atoms with E-state index < -0.39 is 0 Å². The minimum absolute atomic E-state index is 0.0751. The number of hydrogen-bond acceptors (Lipinski definition) is 3. The Bertz CT molecular complexity index is 442. The average Bonchev–Trinajstić information content (AvgIpc) is 2.46. The maximum atomic E-state index is 12.0. The zero-order valence-electron chi connectivity index (χ0n) is 12.1. The number of aromatic hydroxyl groups is 1. The maximum absolute atomic E-state index is 12.0. The third kappa shape index (κ3) is 4.53. The van der Waals surface area contributed by atoms with Crippen molar-refractivity contribution in [1.29, 1.82) is 0 Å². The van der Waals surface area contributed by atoms with Crippen LogP contribution in [0.25, 0.3) is 0 Å². The van der Waals surface area contributed by atoms with Crippen LogP contribution in [0.3, 0.4) is 0 Å². The molecule has 110 valence electrons. The van der Waals surface area contributed by atoms with Crippen molar-refractivity contribution in [3.8, 4) is 5.75 Å². The molecule has 0 radical (unpaired) electrons. The summed E-state index contributed by atoms with van der Waals surface area (Å²) in [6.45, 7) is 3.01. The number of rotatable bonds is 5. The summed E-state index contributed by atoms with van der Waals surface area (Å²) in [6, 6.07) is 7.44. The van der Waals surface area contributed by atoms with Gasteiger partial charge in [0.2, 0.25) is 5.91 Å². The normalized spacial score (nSPS) is 20.4. The predicted octanol–water partition coefficient (Wildman–Crippen LogP) is 2.49. The SMILES string of the molecule is CC(NC(=O)CCC1CCCCN1)c1cccc(O)c1. The first-order chi connectivity index (χ1) is 9.65. The van der Waals surface area contributed by atoms with E-state index in [2.05, 4.69) is 10.6 Å². The van der Waals surface area contributed by atoms with Gasteiger partial charge in [0.05, 0.1) is 6.04 Å². The molecule has 1 saturated heterocycles. The molecule has 3 N–H and O–H groups in total. The number of carbonyl (C=O) groups excluding carboxylic acids is 1. The summed E-state index contributed by atoms with van der Waals surface area (Å²) in [5.74, 6) is 0.309. The number of phenols is 1. The molecular weight excluding hydrogens is 252 g/mol. The first kappa shape index (κ1) is 14.9. The standard InChI is InChI=1S/C16H24N2O2/c1-12(13-5-4-7-15(19)11-13)18-16(20)9-8-14-6-2-3-10-17-14/h4-5,7,11-12,14,17,19H,2-3,6,8-10H2,1H3,(H,18,20). The van der Waals surface area contributed by atoms with Crippen molar-refractivity contribution in [2.24, 2.45) is 0 Å². The number of piperidine rings is 1. The minimum Gasteiger partial charge on any atom is -0.508 e. The second-order valence-corrected chi connectivity index (χ2v) is 5.57. The molecule has 2 unspecified atom stereocenters. The highest BCUT2D eigenvalue weighted by atomic mass is 16.3. The van der Waals surface area contributed by atoms with Crippen LogP contribution in [-0.2, 0) is 4.79 Å². The predicted molar refractivity (Wildman–Crippen MR) is 79.5 cm³/mol. The average molecular weight is 276 g/mol. The summed E-state index contributed by atoms with van der Waals surface area (Å²) >= 11 is 0. The Morgan fingerprint density at radius 2 is 2.35 bits per heavy atom. The number of amides is 1. The summed E-state index contributed by atoms with van der Waals surface area (Å²) < 4.78 is 0. The van der Waals surface area contributed by atoms with Gasteiger partial charge in [0, 0.05) is 12.5 Å². The van der Waals surface area contributed by atoms with E-state index in [0.29, 0.717) is 12.5 Å². The summed E-state index contributed by atoms with van der Waals surface area (Å²) in [5, 5.41) is 15.9. The first-order valence-electron chi connectivity index (χ1n) is 7.47. The van der Waals surface area contributed by atoms with Gasteiger partial charge in [0.25, 0.3) is 0 Å². The largest absolute Gasteiger partial charge is 0.508 e. The van der Waals surface area contributed by atoms with E-state index in [4.69, 9.17) is 0 Å². The van der Waals surface area contributed by atoms with Crippen LogP contribution in [0.15, 0.2) is 24.3 Å². The number of carbonyl (C=O) groups is 1. The van der Waals surface area contributed by atoms with E-state index >= 15 is 0 Å². The molecule has 2 atom stereocenters. The summed E-state index contributed by atoms with van der Waals surface area (Å²) in [5.41, 5.74) is 0.925. The molecule has 1 aliphatic rings. The number of phenolic OH excluding ortho intramolecular Hbond substituents is 1. The van der Waals surface area contributed by atoms with Crippen molar-refractivity contribution in [3.05, 3.63) is 29.8 Å². The fourth-order valence-corrected chi connectivity index (χ4v) is 2.67. The van der Waals surface area contributed by atoms with Crippen LogP contribution in [0.2, 0.25) is 0 Å². The zero-order chi connectivity index (χ0) is 14.4. The van der Waals surface area contributed by atoms with Gasteiger partial charge >= 0.3 is 0 Å². The fourth-order valence-electron chi connectivity index (χ4n) is 2.67. The highest BCUT2D eigenvalue weighted by molar-refractivity contribution is 5.76.